The summed E-state index contributed by atoms with van der Waals surface area (Å²) in [4.78, 5) is 3.99. The second kappa shape index (κ2) is 12.3. The first-order chi connectivity index (χ1) is 9.28. The molecule has 0 aliphatic carbocycles. The summed E-state index contributed by atoms with van der Waals surface area (Å²) < 4.78 is 5.40. The fourth-order valence-electron chi connectivity index (χ4n) is 1.41. The maximum atomic E-state index is 8.69. The largest absolute Gasteiger partial charge is 2.00 e. The Balaban J connectivity index is 0. The summed E-state index contributed by atoms with van der Waals surface area (Å²) in [6.45, 7) is 0.371. The number of halogens is 2. The molecule has 0 atom stereocenters. The van der Waals surface area contributed by atoms with Crippen molar-refractivity contribution in [2.24, 2.45) is 0 Å². The van der Waals surface area contributed by atoms with E-state index in [1.165, 1.54) is 0 Å². The molecule has 1 heterocycles. The van der Waals surface area contributed by atoms with Gasteiger partial charge in [-0.2, -0.15) is 5.26 Å². The molecule has 0 fully saturated rings. The molecule has 0 aliphatic rings. The van der Waals surface area contributed by atoms with Crippen LogP contribution in [-0.2, 0) is 30.8 Å². The number of rotatable bonds is 3. The Morgan fingerprint density at radius 2 is 1.91 bits per heavy atom. The van der Waals surface area contributed by atoms with Gasteiger partial charge in [0.25, 0.3) is 5.17 Å². The number of thiocarbonyl (C=S) groups is 1. The Hall–Kier alpha value is -1.25. The summed E-state index contributed by atoms with van der Waals surface area (Å²) >= 11 is 5.08. The molecule has 1 N–H and O–H groups in total. The molecule has 0 saturated carbocycles. The van der Waals surface area contributed by atoms with Gasteiger partial charge in [-0.1, -0.05) is 6.07 Å². The monoisotopic (exact) mass is 403 g/mol. The predicted molar refractivity (Wildman–Crippen MR) is 76.4 cm³/mol. The zero-order valence-electron chi connectivity index (χ0n) is 11.5. The van der Waals surface area contributed by atoms with Crippen LogP contribution in [0.1, 0.15) is 11.1 Å². The number of anilines is 1. The van der Waals surface area contributed by atoms with Crippen LogP contribution < -0.4 is 30.1 Å². The number of hydrogen-bond acceptors (Lipinski definition) is 4. The molecule has 0 amide bonds. The van der Waals surface area contributed by atoms with Crippen molar-refractivity contribution in [2.45, 2.75) is 6.61 Å². The van der Waals surface area contributed by atoms with E-state index in [9.17, 15) is 0 Å². The smallest absolute Gasteiger partial charge is 1.00 e. The van der Waals surface area contributed by atoms with Gasteiger partial charge in [-0.15, -0.1) is 0 Å². The number of nitriles is 1. The van der Waals surface area contributed by atoms with Crippen molar-refractivity contribution in [1.29, 1.82) is 5.26 Å². The first-order valence-electron chi connectivity index (χ1n) is 5.61. The minimum Gasteiger partial charge on any atom is -1.00 e. The minimum atomic E-state index is 0. The van der Waals surface area contributed by atoms with Crippen molar-refractivity contribution in [2.75, 3.05) is 5.32 Å². The maximum absolute atomic E-state index is 8.69. The van der Waals surface area contributed by atoms with E-state index in [4.69, 9.17) is 22.2 Å². The minimum absolute atomic E-state index is 0. The maximum Gasteiger partial charge on any atom is 2.00 e. The number of pyridine rings is 1. The average Bonchev–Trinajstić information content (AvgIpc) is 2.47. The quantitative estimate of drug-likeness (QED) is 0.432. The fraction of sp³-hybridized carbons (Fsp3) is 0.0714. The second-order valence-electron chi connectivity index (χ2n) is 3.75. The van der Waals surface area contributed by atoms with Gasteiger partial charge < -0.3 is 34.9 Å². The molecular weight excluding hydrogens is 395 g/mol. The van der Waals surface area contributed by atoms with Crippen LogP contribution in [0.15, 0.2) is 48.8 Å². The van der Waals surface area contributed by atoms with Gasteiger partial charge >= 0.3 is 19.5 Å². The average molecular weight is 406 g/mol. The number of aromatic nitrogens is 1. The number of benzene rings is 1. The normalized spacial score (nSPS) is 8.14. The predicted octanol–water partition coefficient (Wildman–Crippen LogP) is -3.13. The zero-order chi connectivity index (χ0) is 13.5. The first kappa shape index (κ1) is 23.0. The first-order valence-corrected chi connectivity index (χ1v) is 6.01. The van der Waals surface area contributed by atoms with Crippen molar-refractivity contribution < 1.29 is 49.0 Å². The van der Waals surface area contributed by atoms with Gasteiger partial charge in [0.1, 0.15) is 6.61 Å². The Morgan fingerprint density at radius 3 is 2.45 bits per heavy atom. The molecule has 0 saturated heterocycles. The van der Waals surface area contributed by atoms with Gasteiger partial charge in [-0.25, -0.2) is 0 Å². The SMILES string of the molecule is N#Cc1ccc(NC(=S)OCc2cccnc2)cc1.[Cl-].[Cl-].[Zn+2]. The van der Waals surface area contributed by atoms with Crippen LogP contribution in [0.4, 0.5) is 5.69 Å². The van der Waals surface area contributed by atoms with Crippen molar-refractivity contribution in [3.8, 4) is 6.07 Å². The van der Waals surface area contributed by atoms with Crippen LogP contribution in [0.5, 0.6) is 0 Å². The Morgan fingerprint density at radius 1 is 1.23 bits per heavy atom. The summed E-state index contributed by atoms with van der Waals surface area (Å²) in [6, 6.07) is 12.8. The zero-order valence-corrected chi connectivity index (χ0v) is 16.8. The van der Waals surface area contributed by atoms with Gasteiger partial charge in [0.2, 0.25) is 0 Å². The van der Waals surface area contributed by atoms with E-state index in [1.54, 1.807) is 36.7 Å². The summed E-state index contributed by atoms with van der Waals surface area (Å²) in [5, 5.41) is 11.9. The van der Waals surface area contributed by atoms with E-state index in [1.807, 2.05) is 12.1 Å². The molecule has 22 heavy (non-hydrogen) atoms. The number of ether oxygens (including phenoxy) is 1. The molecule has 1 aromatic heterocycles. The third-order valence-electron chi connectivity index (χ3n) is 2.35. The van der Waals surface area contributed by atoms with Crippen molar-refractivity contribution in [3.05, 3.63) is 59.9 Å². The molecule has 1 aromatic carbocycles. The molecular formula is C14H11Cl2N3OSZn. The molecule has 0 aliphatic heterocycles. The third kappa shape index (κ3) is 7.67. The molecule has 2 aromatic rings. The summed E-state index contributed by atoms with van der Waals surface area (Å²) in [5.41, 5.74) is 2.34. The van der Waals surface area contributed by atoms with Crippen LogP contribution in [0.2, 0.25) is 0 Å². The van der Waals surface area contributed by atoms with Gasteiger partial charge in [0.15, 0.2) is 0 Å². The van der Waals surface area contributed by atoms with Crippen LogP contribution >= 0.6 is 12.2 Å². The molecule has 0 bridgehead atoms. The van der Waals surface area contributed by atoms with Crippen LogP contribution in [0, 0.1) is 11.3 Å². The third-order valence-corrected chi connectivity index (χ3v) is 2.57. The van der Waals surface area contributed by atoms with E-state index in [0.29, 0.717) is 12.2 Å². The molecule has 0 unspecified atom stereocenters. The van der Waals surface area contributed by atoms with Crippen LogP contribution in [-0.4, -0.2) is 10.2 Å². The van der Waals surface area contributed by atoms with Crippen LogP contribution in [0.25, 0.3) is 0 Å². The topological polar surface area (TPSA) is 57.9 Å². The van der Waals surface area contributed by atoms with Crippen LogP contribution in [0.3, 0.4) is 0 Å². The second-order valence-corrected chi connectivity index (χ2v) is 4.12. The summed E-state index contributed by atoms with van der Waals surface area (Å²) in [7, 11) is 0. The van der Waals surface area contributed by atoms with Gasteiger partial charge in [-0.05, 0) is 42.5 Å². The van der Waals surface area contributed by atoms with E-state index in [0.717, 1.165) is 11.3 Å². The molecule has 0 spiro atoms. The molecule has 0 radical (unpaired) electrons. The molecule has 110 valence electrons. The van der Waals surface area contributed by atoms with E-state index < -0.39 is 0 Å². The molecule has 2 rings (SSSR count). The van der Waals surface area contributed by atoms with E-state index in [-0.39, 0.29) is 49.5 Å². The summed E-state index contributed by atoms with van der Waals surface area (Å²) in [5.74, 6) is 0. The van der Waals surface area contributed by atoms with Crippen molar-refractivity contribution >= 4 is 23.1 Å². The van der Waals surface area contributed by atoms with E-state index in [2.05, 4.69) is 16.4 Å². The number of hydrogen-bond donors (Lipinski definition) is 1. The standard InChI is InChI=1S/C14H11N3OS.2ClH.Zn/c15-8-11-3-5-13(6-4-11)17-14(19)18-10-12-2-1-7-16-9-12;;;/h1-7,9H,10H2,(H,17,19);2*1H;/q;;;+2/p-2. The molecule has 4 nitrogen and oxygen atoms in total. The number of nitrogens with one attached hydrogen (secondary N) is 1. The molecule has 8 heteroatoms. The Bertz CT molecular complexity index is 606. The van der Waals surface area contributed by atoms with Crippen molar-refractivity contribution in [3.63, 3.8) is 0 Å². The van der Waals surface area contributed by atoms with Gasteiger partial charge in [0, 0.05) is 23.6 Å². The number of nitrogens with zero attached hydrogens (tertiary/aromatic N) is 2. The van der Waals surface area contributed by atoms with E-state index >= 15 is 0 Å². The Kier molecular flexibility index (Phi) is 12.9. The fourth-order valence-corrected chi connectivity index (χ4v) is 1.59. The van der Waals surface area contributed by atoms with Gasteiger partial charge in [-0.3, -0.25) is 4.98 Å². The van der Waals surface area contributed by atoms with Gasteiger partial charge in [0.05, 0.1) is 11.6 Å². The summed E-state index contributed by atoms with van der Waals surface area (Å²) in [6.07, 6.45) is 3.43. The Labute approximate surface area is 159 Å². The van der Waals surface area contributed by atoms with Crippen molar-refractivity contribution in [1.82, 2.24) is 4.98 Å².